The van der Waals surface area contributed by atoms with E-state index in [-0.39, 0.29) is 18.4 Å². The summed E-state index contributed by atoms with van der Waals surface area (Å²) in [6, 6.07) is 0. The zero-order valence-electron chi connectivity index (χ0n) is 6.99. The van der Waals surface area contributed by atoms with E-state index >= 15 is 0 Å². The number of aliphatic hydroxyl groups excluding tert-OH is 3. The van der Waals surface area contributed by atoms with Crippen molar-refractivity contribution >= 4 is 23.7 Å². The predicted molar refractivity (Wildman–Crippen MR) is 45.3 cm³/mol. The van der Waals surface area contributed by atoms with Gasteiger partial charge in [-0.15, -0.1) is 0 Å². The lowest BCUT2D eigenvalue weighted by atomic mass is 10.7. The van der Waals surface area contributed by atoms with Gasteiger partial charge in [-0.25, -0.2) is 9.59 Å². The van der Waals surface area contributed by atoms with Gasteiger partial charge in [0.2, 0.25) is 10.9 Å². The monoisotopic (exact) mass is 226 g/mol. The minimum absolute atomic E-state index is 0.122. The Labute approximate surface area is 83.3 Å². The second-order valence-corrected chi connectivity index (χ2v) is 3.24. The lowest BCUT2D eigenvalue weighted by molar-refractivity contribution is -0.149. The van der Waals surface area contributed by atoms with E-state index in [9.17, 15) is 9.59 Å². The van der Waals surface area contributed by atoms with Crippen LogP contribution >= 0.6 is 11.8 Å². The molecule has 0 radical (unpaired) electrons. The van der Waals surface area contributed by atoms with Crippen molar-refractivity contribution in [2.24, 2.45) is 0 Å². The molecule has 0 aliphatic carbocycles. The van der Waals surface area contributed by atoms with Crippen LogP contribution in [-0.2, 0) is 14.3 Å². The molecular weight excluding hydrogens is 216 g/mol. The Morgan fingerprint density at radius 2 is 1.86 bits per heavy atom. The highest BCUT2D eigenvalue weighted by Crippen LogP contribution is 2.15. The maximum absolute atomic E-state index is 10.8. The highest BCUT2D eigenvalue weighted by atomic mass is 32.2. The second-order valence-electron chi connectivity index (χ2n) is 2.07. The van der Waals surface area contributed by atoms with Crippen molar-refractivity contribution in [2.75, 3.05) is 13.2 Å². The molecule has 0 saturated heterocycles. The van der Waals surface area contributed by atoms with Crippen LogP contribution in [0.2, 0.25) is 0 Å². The first-order valence-electron chi connectivity index (χ1n) is 3.51. The molecule has 0 aromatic carbocycles. The molecule has 0 amide bonds. The molecule has 0 spiro atoms. The molecule has 4 N–H and O–H groups in total. The maximum Gasteiger partial charge on any atom is 0.345 e. The summed E-state index contributed by atoms with van der Waals surface area (Å²) in [5, 5.41) is 34.1. The molecule has 0 saturated carbocycles. The third kappa shape index (κ3) is 5.02. The molecule has 2 atom stereocenters. The van der Waals surface area contributed by atoms with Crippen molar-refractivity contribution in [3.63, 3.8) is 0 Å². The number of carbonyl (C=O) groups is 2. The van der Waals surface area contributed by atoms with E-state index in [1.807, 2.05) is 0 Å². The fraction of sp³-hybridized carbons (Fsp3) is 0.667. The number of carboxylic acid groups (broad SMARTS) is 1. The number of ether oxygens (including phenoxy) is 1. The summed E-state index contributed by atoms with van der Waals surface area (Å²) in [4.78, 5) is 20.8. The molecule has 7 nitrogen and oxygen atoms in total. The first kappa shape index (κ1) is 13.2. The van der Waals surface area contributed by atoms with Crippen LogP contribution in [0.15, 0.2) is 0 Å². The SMILES string of the molecule is O=C(O)C(O)SC(O)C(=O)OCCO. The number of esters is 1. The average molecular weight is 226 g/mol. The quantitative estimate of drug-likeness (QED) is 0.302. The van der Waals surface area contributed by atoms with Gasteiger partial charge < -0.3 is 25.2 Å². The molecule has 0 fully saturated rings. The Kier molecular flexibility index (Phi) is 6.21. The molecule has 14 heavy (non-hydrogen) atoms. The van der Waals surface area contributed by atoms with Gasteiger partial charge >= 0.3 is 11.9 Å². The normalized spacial score (nSPS) is 14.5. The van der Waals surface area contributed by atoms with E-state index in [4.69, 9.17) is 20.4 Å². The zero-order valence-corrected chi connectivity index (χ0v) is 7.81. The van der Waals surface area contributed by atoms with E-state index in [0.717, 1.165) is 0 Å². The summed E-state index contributed by atoms with van der Waals surface area (Å²) >= 11 is 0.122. The van der Waals surface area contributed by atoms with E-state index in [2.05, 4.69) is 4.74 Å². The number of aliphatic hydroxyl groups is 3. The highest BCUT2D eigenvalue weighted by Gasteiger charge is 2.25. The fourth-order valence-electron chi connectivity index (χ4n) is 0.453. The average Bonchev–Trinajstić information content (AvgIpc) is 2.13. The maximum atomic E-state index is 10.8. The number of thioether (sulfide) groups is 1. The second kappa shape index (κ2) is 6.60. The van der Waals surface area contributed by atoms with Gasteiger partial charge in [-0.2, -0.15) is 0 Å². The van der Waals surface area contributed by atoms with Crippen LogP contribution in [0.1, 0.15) is 0 Å². The van der Waals surface area contributed by atoms with Crippen LogP contribution in [0.25, 0.3) is 0 Å². The van der Waals surface area contributed by atoms with Gasteiger partial charge in [-0.3, -0.25) is 0 Å². The molecule has 82 valence electrons. The van der Waals surface area contributed by atoms with Crippen molar-refractivity contribution in [3.8, 4) is 0 Å². The standard InChI is InChI=1S/C6H10O7S/c7-1-2-13-4(10)6(12)14-5(11)3(8)9/h5-7,11-12H,1-2H2,(H,8,9). The van der Waals surface area contributed by atoms with Crippen LogP contribution in [-0.4, -0.2) is 56.5 Å². The third-order valence-corrected chi connectivity index (χ3v) is 1.92. The van der Waals surface area contributed by atoms with E-state index in [1.165, 1.54) is 0 Å². The molecule has 0 aromatic heterocycles. The van der Waals surface area contributed by atoms with Crippen LogP contribution in [0, 0.1) is 0 Å². The van der Waals surface area contributed by atoms with Crippen LogP contribution < -0.4 is 0 Å². The van der Waals surface area contributed by atoms with Gasteiger partial charge in [-0.1, -0.05) is 11.8 Å². The summed E-state index contributed by atoms with van der Waals surface area (Å²) in [5.41, 5.74) is -3.68. The first-order valence-corrected chi connectivity index (χ1v) is 4.45. The van der Waals surface area contributed by atoms with Gasteiger partial charge in [0.15, 0.2) is 0 Å². The molecule has 8 heteroatoms. The summed E-state index contributed by atoms with van der Waals surface area (Å²) in [6.45, 7) is -0.690. The van der Waals surface area contributed by atoms with Crippen LogP contribution in [0.4, 0.5) is 0 Å². The Morgan fingerprint density at radius 1 is 1.29 bits per heavy atom. The number of carboxylic acids is 1. The van der Waals surface area contributed by atoms with E-state index in [0.29, 0.717) is 0 Å². The number of rotatable bonds is 6. The minimum Gasteiger partial charge on any atom is -0.479 e. The Morgan fingerprint density at radius 3 is 2.29 bits per heavy atom. The van der Waals surface area contributed by atoms with E-state index < -0.39 is 29.4 Å². The predicted octanol–water partition coefficient (Wildman–Crippen LogP) is -2.02. The lowest BCUT2D eigenvalue weighted by Crippen LogP contribution is -2.27. The van der Waals surface area contributed by atoms with Gasteiger partial charge in [0.25, 0.3) is 0 Å². The molecular formula is C6H10O7S. The molecule has 0 bridgehead atoms. The van der Waals surface area contributed by atoms with Gasteiger partial charge in [-0.05, 0) is 0 Å². The Balaban J connectivity index is 3.88. The van der Waals surface area contributed by atoms with Crippen molar-refractivity contribution in [2.45, 2.75) is 10.9 Å². The topological polar surface area (TPSA) is 124 Å². The number of carbonyl (C=O) groups excluding carboxylic acids is 1. The van der Waals surface area contributed by atoms with Crippen molar-refractivity contribution in [1.82, 2.24) is 0 Å². The fourth-order valence-corrected chi connectivity index (χ4v) is 0.993. The molecule has 0 aliphatic rings. The summed E-state index contributed by atoms with van der Waals surface area (Å²) < 4.78 is 4.27. The van der Waals surface area contributed by atoms with Gasteiger partial charge in [0, 0.05) is 0 Å². The third-order valence-electron chi connectivity index (χ3n) is 1.01. The van der Waals surface area contributed by atoms with Gasteiger partial charge in [0.05, 0.1) is 6.61 Å². The molecule has 0 heterocycles. The van der Waals surface area contributed by atoms with Crippen LogP contribution in [0.5, 0.6) is 0 Å². The molecule has 0 aromatic rings. The molecule has 0 aliphatic heterocycles. The molecule has 0 rings (SSSR count). The van der Waals surface area contributed by atoms with Crippen molar-refractivity contribution < 1.29 is 34.8 Å². The number of hydrogen-bond donors (Lipinski definition) is 4. The van der Waals surface area contributed by atoms with Crippen molar-refractivity contribution in [3.05, 3.63) is 0 Å². The largest absolute Gasteiger partial charge is 0.479 e. The van der Waals surface area contributed by atoms with Crippen LogP contribution in [0.3, 0.4) is 0 Å². The summed E-state index contributed by atoms with van der Waals surface area (Å²) in [6.07, 6.45) is 0. The number of hydrogen-bond acceptors (Lipinski definition) is 7. The Bertz CT molecular complexity index is 206. The zero-order chi connectivity index (χ0) is 11.1. The number of aliphatic carboxylic acids is 1. The molecule has 2 unspecified atom stereocenters. The lowest BCUT2D eigenvalue weighted by Gasteiger charge is -2.11. The van der Waals surface area contributed by atoms with E-state index in [1.54, 1.807) is 0 Å². The first-order chi connectivity index (χ1) is 6.49. The smallest absolute Gasteiger partial charge is 0.345 e. The van der Waals surface area contributed by atoms with Crippen molar-refractivity contribution in [1.29, 1.82) is 0 Å². The van der Waals surface area contributed by atoms with Gasteiger partial charge in [0.1, 0.15) is 6.61 Å². The summed E-state index contributed by atoms with van der Waals surface area (Å²) in [7, 11) is 0. The highest BCUT2D eigenvalue weighted by molar-refractivity contribution is 8.01. The Hall–Kier alpha value is -0.830. The summed E-state index contributed by atoms with van der Waals surface area (Å²) in [5.74, 6) is -2.67. The minimum atomic E-state index is -1.90.